The molecule has 4 heteroatoms. The number of hydrogen-bond donors (Lipinski definition) is 1. The maximum Gasteiger partial charge on any atom is 0.233 e. The standard InChI is InChI=1S/C8H9NO3/c10-8(6-9(11)12)7-4-2-1-3-5-7/h1-5,8,10H,6H2/t8-/m1/s1. The number of nitrogens with zero attached hydrogens (tertiary/aromatic N) is 1. The van der Waals surface area contributed by atoms with Crippen molar-refractivity contribution >= 4 is 0 Å². The van der Waals surface area contributed by atoms with E-state index in [1.165, 1.54) is 0 Å². The van der Waals surface area contributed by atoms with Crippen LogP contribution in [0.5, 0.6) is 0 Å². The van der Waals surface area contributed by atoms with Gasteiger partial charge in [0.15, 0.2) is 0 Å². The Balaban J connectivity index is 2.65. The van der Waals surface area contributed by atoms with Gasteiger partial charge in [0.25, 0.3) is 0 Å². The average molecular weight is 167 g/mol. The minimum Gasteiger partial charge on any atom is -0.382 e. The fourth-order valence-electron chi connectivity index (χ4n) is 0.922. The van der Waals surface area contributed by atoms with Crippen molar-refractivity contribution in [3.05, 3.63) is 46.0 Å². The zero-order valence-corrected chi connectivity index (χ0v) is 6.38. The molecule has 0 saturated heterocycles. The second kappa shape index (κ2) is 3.82. The van der Waals surface area contributed by atoms with E-state index >= 15 is 0 Å². The molecule has 1 atom stereocenters. The van der Waals surface area contributed by atoms with E-state index in [-0.39, 0.29) is 0 Å². The summed E-state index contributed by atoms with van der Waals surface area (Å²) in [6.45, 7) is -0.440. The lowest BCUT2D eigenvalue weighted by Gasteiger charge is -2.04. The molecule has 64 valence electrons. The van der Waals surface area contributed by atoms with Crippen molar-refractivity contribution in [3.8, 4) is 0 Å². The fraction of sp³-hybridized carbons (Fsp3) is 0.250. The van der Waals surface area contributed by atoms with E-state index in [0.29, 0.717) is 5.56 Å². The molecule has 0 unspecified atom stereocenters. The molecule has 0 spiro atoms. The van der Waals surface area contributed by atoms with Crippen LogP contribution < -0.4 is 0 Å². The molecule has 0 aromatic heterocycles. The summed E-state index contributed by atoms with van der Waals surface area (Å²) in [6.07, 6.45) is -0.999. The predicted molar refractivity (Wildman–Crippen MR) is 43.3 cm³/mol. The zero-order chi connectivity index (χ0) is 8.97. The summed E-state index contributed by atoms with van der Waals surface area (Å²) >= 11 is 0. The van der Waals surface area contributed by atoms with Crippen LogP contribution in [0.2, 0.25) is 0 Å². The van der Waals surface area contributed by atoms with E-state index in [4.69, 9.17) is 0 Å². The summed E-state index contributed by atoms with van der Waals surface area (Å²) in [5, 5.41) is 19.3. The number of aliphatic hydroxyl groups excluding tert-OH is 1. The van der Waals surface area contributed by atoms with Crippen LogP contribution in [0, 0.1) is 10.1 Å². The summed E-state index contributed by atoms with van der Waals surface area (Å²) in [5.41, 5.74) is 0.578. The molecular formula is C8H9NO3. The highest BCUT2D eigenvalue weighted by Gasteiger charge is 2.12. The van der Waals surface area contributed by atoms with Crippen molar-refractivity contribution in [1.82, 2.24) is 0 Å². The quantitative estimate of drug-likeness (QED) is 0.539. The normalized spacial score (nSPS) is 12.4. The molecule has 0 aliphatic heterocycles. The predicted octanol–water partition coefficient (Wildman–Crippen LogP) is 0.997. The first kappa shape index (κ1) is 8.67. The van der Waals surface area contributed by atoms with E-state index in [2.05, 4.69) is 0 Å². The molecule has 1 N–H and O–H groups in total. The Hall–Kier alpha value is -1.42. The molecule has 0 fully saturated rings. The molecule has 1 rings (SSSR count). The van der Waals surface area contributed by atoms with Gasteiger partial charge in [0.2, 0.25) is 6.54 Å². The largest absolute Gasteiger partial charge is 0.382 e. The average Bonchev–Trinajstić information content (AvgIpc) is 2.05. The summed E-state index contributed by atoms with van der Waals surface area (Å²) in [4.78, 5) is 9.50. The van der Waals surface area contributed by atoms with Crippen LogP contribution in [-0.4, -0.2) is 16.6 Å². The van der Waals surface area contributed by atoms with E-state index in [1.54, 1.807) is 30.3 Å². The highest BCUT2D eigenvalue weighted by atomic mass is 16.6. The van der Waals surface area contributed by atoms with E-state index < -0.39 is 17.6 Å². The second-order valence-corrected chi connectivity index (χ2v) is 2.44. The molecule has 1 aromatic rings. The number of nitro groups is 1. The Kier molecular flexibility index (Phi) is 2.76. The lowest BCUT2D eigenvalue weighted by atomic mass is 10.1. The van der Waals surface area contributed by atoms with E-state index in [9.17, 15) is 15.2 Å². The van der Waals surface area contributed by atoms with E-state index in [0.717, 1.165) is 0 Å². The highest BCUT2D eigenvalue weighted by molar-refractivity contribution is 5.17. The minimum absolute atomic E-state index is 0.440. The third-order valence-corrected chi connectivity index (χ3v) is 1.51. The Morgan fingerprint density at radius 3 is 2.50 bits per heavy atom. The monoisotopic (exact) mass is 167 g/mol. The summed E-state index contributed by atoms with van der Waals surface area (Å²) in [5.74, 6) is 0. The Morgan fingerprint density at radius 2 is 2.00 bits per heavy atom. The number of benzene rings is 1. The first-order valence-electron chi connectivity index (χ1n) is 3.55. The fourth-order valence-corrected chi connectivity index (χ4v) is 0.922. The van der Waals surface area contributed by atoms with Crippen LogP contribution in [0.15, 0.2) is 30.3 Å². The maximum absolute atomic E-state index is 10.0. The summed E-state index contributed by atoms with van der Waals surface area (Å²) in [6, 6.07) is 8.59. The summed E-state index contributed by atoms with van der Waals surface area (Å²) in [7, 11) is 0. The van der Waals surface area contributed by atoms with Gasteiger partial charge in [0.1, 0.15) is 6.10 Å². The molecule has 0 bridgehead atoms. The lowest BCUT2D eigenvalue weighted by molar-refractivity contribution is -0.491. The molecule has 0 aliphatic carbocycles. The van der Waals surface area contributed by atoms with Gasteiger partial charge >= 0.3 is 0 Å². The van der Waals surface area contributed by atoms with Crippen molar-refractivity contribution in [2.24, 2.45) is 0 Å². The van der Waals surface area contributed by atoms with Crippen molar-refractivity contribution in [1.29, 1.82) is 0 Å². The van der Waals surface area contributed by atoms with Crippen LogP contribution in [0.3, 0.4) is 0 Å². The number of hydrogen-bond acceptors (Lipinski definition) is 3. The van der Waals surface area contributed by atoms with Crippen LogP contribution in [-0.2, 0) is 0 Å². The third kappa shape index (κ3) is 2.32. The zero-order valence-electron chi connectivity index (χ0n) is 6.38. The van der Waals surface area contributed by atoms with Crippen molar-refractivity contribution in [3.63, 3.8) is 0 Å². The lowest BCUT2D eigenvalue weighted by Crippen LogP contribution is -2.11. The van der Waals surface area contributed by atoms with Crippen molar-refractivity contribution in [2.45, 2.75) is 6.10 Å². The van der Waals surface area contributed by atoms with Crippen LogP contribution >= 0.6 is 0 Å². The Bertz CT molecular complexity index is 260. The third-order valence-electron chi connectivity index (χ3n) is 1.51. The molecule has 0 radical (unpaired) electrons. The first-order valence-corrected chi connectivity index (χ1v) is 3.55. The van der Waals surface area contributed by atoms with Crippen LogP contribution in [0.4, 0.5) is 0 Å². The first-order chi connectivity index (χ1) is 5.70. The molecule has 0 amide bonds. The van der Waals surface area contributed by atoms with Crippen LogP contribution in [0.1, 0.15) is 11.7 Å². The van der Waals surface area contributed by atoms with Crippen molar-refractivity contribution < 1.29 is 10.0 Å². The minimum atomic E-state index is -0.999. The van der Waals surface area contributed by atoms with Gasteiger partial charge in [-0.15, -0.1) is 0 Å². The SMILES string of the molecule is O=[N+]([O-])C[C@@H](O)c1ccccc1. The van der Waals surface area contributed by atoms with Gasteiger partial charge in [-0.3, -0.25) is 10.1 Å². The Labute approximate surface area is 69.6 Å². The van der Waals surface area contributed by atoms with Gasteiger partial charge in [-0.25, -0.2) is 0 Å². The highest BCUT2D eigenvalue weighted by Crippen LogP contribution is 2.11. The molecular weight excluding hydrogens is 158 g/mol. The number of aliphatic hydroxyl groups is 1. The van der Waals surface area contributed by atoms with Gasteiger partial charge < -0.3 is 5.11 Å². The molecule has 1 aromatic carbocycles. The number of rotatable bonds is 3. The summed E-state index contributed by atoms with van der Waals surface area (Å²) < 4.78 is 0. The molecule has 0 saturated carbocycles. The smallest absolute Gasteiger partial charge is 0.233 e. The second-order valence-electron chi connectivity index (χ2n) is 2.44. The topological polar surface area (TPSA) is 63.4 Å². The van der Waals surface area contributed by atoms with Crippen molar-refractivity contribution in [2.75, 3.05) is 6.54 Å². The van der Waals surface area contributed by atoms with Gasteiger partial charge in [0, 0.05) is 4.92 Å². The molecule has 12 heavy (non-hydrogen) atoms. The maximum atomic E-state index is 10.0. The molecule has 4 nitrogen and oxygen atoms in total. The van der Waals surface area contributed by atoms with Gasteiger partial charge in [-0.2, -0.15) is 0 Å². The molecule has 0 heterocycles. The molecule has 0 aliphatic rings. The Morgan fingerprint density at radius 1 is 1.42 bits per heavy atom. The van der Waals surface area contributed by atoms with Crippen LogP contribution in [0.25, 0.3) is 0 Å². The van der Waals surface area contributed by atoms with Gasteiger partial charge in [0.05, 0.1) is 0 Å². The van der Waals surface area contributed by atoms with E-state index in [1.807, 2.05) is 0 Å². The van der Waals surface area contributed by atoms with Gasteiger partial charge in [-0.05, 0) is 5.56 Å². The van der Waals surface area contributed by atoms with Gasteiger partial charge in [-0.1, -0.05) is 30.3 Å².